The second kappa shape index (κ2) is 5.23. The molecule has 1 aromatic carbocycles. The molecular weight excluding hydrogens is 242 g/mol. The van der Waals surface area contributed by atoms with E-state index in [1.54, 1.807) is 37.5 Å². The Kier molecular flexibility index (Phi) is 3.48. The van der Waals surface area contributed by atoms with Gasteiger partial charge in [-0.25, -0.2) is 0 Å². The standard InChI is InChI=1S/C13H13N5O/c1-18-8-11(15)12(17-18)13(19)16-10-4-2-9(3-5-10)6-7-14/h2-5,8H,6,15H2,1H3,(H,16,19). The molecule has 1 amide bonds. The van der Waals surface area contributed by atoms with Crippen LogP contribution in [-0.4, -0.2) is 15.7 Å². The highest BCUT2D eigenvalue weighted by Gasteiger charge is 2.13. The van der Waals surface area contributed by atoms with Crippen LogP contribution < -0.4 is 11.1 Å². The Morgan fingerprint density at radius 3 is 2.68 bits per heavy atom. The number of aryl methyl sites for hydroxylation is 1. The van der Waals surface area contributed by atoms with Gasteiger partial charge < -0.3 is 11.1 Å². The van der Waals surface area contributed by atoms with Crippen molar-refractivity contribution in [2.75, 3.05) is 11.1 Å². The minimum absolute atomic E-state index is 0.198. The van der Waals surface area contributed by atoms with E-state index in [9.17, 15) is 4.79 Å². The maximum absolute atomic E-state index is 11.9. The highest BCUT2D eigenvalue weighted by atomic mass is 16.2. The van der Waals surface area contributed by atoms with Gasteiger partial charge in [-0.3, -0.25) is 9.48 Å². The van der Waals surface area contributed by atoms with E-state index in [4.69, 9.17) is 11.0 Å². The number of benzene rings is 1. The molecule has 1 aromatic heterocycles. The number of aromatic nitrogens is 2. The maximum atomic E-state index is 11.9. The van der Waals surface area contributed by atoms with Crippen molar-refractivity contribution in [2.45, 2.75) is 6.42 Å². The van der Waals surface area contributed by atoms with Crippen LogP contribution in [0.25, 0.3) is 0 Å². The largest absolute Gasteiger partial charge is 0.396 e. The first-order valence-electron chi connectivity index (χ1n) is 5.66. The van der Waals surface area contributed by atoms with Gasteiger partial charge >= 0.3 is 0 Å². The summed E-state index contributed by atoms with van der Waals surface area (Å²) in [5, 5.41) is 15.3. The number of hydrogen-bond donors (Lipinski definition) is 2. The first kappa shape index (κ1) is 12.6. The summed E-state index contributed by atoms with van der Waals surface area (Å²) in [6.07, 6.45) is 1.92. The number of nitrogens with zero attached hydrogens (tertiary/aromatic N) is 3. The van der Waals surface area contributed by atoms with Gasteiger partial charge in [0, 0.05) is 18.9 Å². The number of anilines is 2. The number of carbonyl (C=O) groups is 1. The normalized spacial score (nSPS) is 9.89. The summed E-state index contributed by atoms with van der Waals surface area (Å²) >= 11 is 0. The molecule has 1 heterocycles. The van der Waals surface area contributed by atoms with Crippen LogP contribution in [0.2, 0.25) is 0 Å². The van der Waals surface area contributed by atoms with Gasteiger partial charge in [0.1, 0.15) is 0 Å². The Morgan fingerprint density at radius 2 is 2.16 bits per heavy atom. The molecule has 0 aliphatic heterocycles. The minimum Gasteiger partial charge on any atom is -0.396 e. The molecule has 0 fully saturated rings. The van der Waals surface area contributed by atoms with Crippen molar-refractivity contribution < 1.29 is 4.79 Å². The number of nitrogens with two attached hydrogens (primary N) is 1. The van der Waals surface area contributed by atoms with Crippen molar-refractivity contribution in [3.63, 3.8) is 0 Å². The second-order valence-electron chi connectivity index (χ2n) is 4.09. The molecule has 0 radical (unpaired) electrons. The molecule has 96 valence electrons. The van der Waals surface area contributed by atoms with Gasteiger partial charge in [0.05, 0.1) is 18.2 Å². The first-order valence-corrected chi connectivity index (χ1v) is 5.66. The average Bonchev–Trinajstić information content (AvgIpc) is 2.71. The maximum Gasteiger partial charge on any atom is 0.278 e. The Morgan fingerprint density at radius 1 is 1.47 bits per heavy atom. The van der Waals surface area contributed by atoms with Crippen molar-refractivity contribution >= 4 is 17.3 Å². The lowest BCUT2D eigenvalue weighted by molar-refractivity contribution is 0.102. The predicted octanol–water partition coefficient (Wildman–Crippen LogP) is 1.32. The number of nitriles is 1. The van der Waals surface area contributed by atoms with Crippen molar-refractivity contribution in [3.8, 4) is 6.07 Å². The summed E-state index contributed by atoms with van der Waals surface area (Å²) in [6, 6.07) is 9.13. The summed E-state index contributed by atoms with van der Waals surface area (Å²) in [7, 11) is 1.70. The van der Waals surface area contributed by atoms with E-state index in [-0.39, 0.29) is 11.6 Å². The molecule has 6 heteroatoms. The van der Waals surface area contributed by atoms with Crippen LogP contribution in [0.4, 0.5) is 11.4 Å². The number of nitrogens with one attached hydrogen (secondary N) is 1. The van der Waals surface area contributed by atoms with Gasteiger partial charge in [0.2, 0.25) is 0 Å². The third-order valence-electron chi connectivity index (χ3n) is 2.57. The van der Waals surface area contributed by atoms with Crippen molar-refractivity contribution in [3.05, 3.63) is 41.7 Å². The van der Waals surface area contributed by atoms with Crippen LogP contribution in [0.1, 0.15) is 16.1 Å². The predicted molar refractivity (Wildman–Crippen MR) is 71.3 cm³/mol. The molecule has 6 nitrogen and oxygen atoms in total. The lowest BCUT2D eigenvalue weighted by atomic mass is 10.1. The fraction of sp³-hybridized carbons (Fsp3) is 0.154. The van der Waals surface area contributed by atoms with Gasteiger partial charge in [0.15, 0.2) is 5.69 Å². The molecule has 0 saturated carbocycles. The van der Waals surface area contributed by atoms with Crippen LogP contribution in [0.3, 0.4) is 0 Å². The van der Waals surface area contributed by atoms with Crippen LogP contribution in [0.15, 0.2) is 30.5 Å². The molecule has 0 bridgehead atoms. The zero-order chi connectivity index (χ0) is 13.8. The molecule has 0 aliphatic rings. The quantitative estimate of drug-likeness (QED) is 0.864. The molecule has 0 aliphatic carbocycles. The number of hydrogen-bond acceptors (Lipinski definition) is 4. The molecule has 2 rings (SSSR count). The van der Waals surface area contributed by atoms with Crippen molar-refractivity contribution in [1.29, 1.82) is 5.26 Å². The van der Waals surface area contributed by atoms with E-state index in [0.29, 0.717) is 17.8 Å². The van der Waals surface area contributed by atoms with Gasteiger partial charge in [-0.15, -0.1) is 0 Å². The van der Waals surface area contributed by atoms with E-state index in [1.807, 2.05) is 0 Å². The monoisotopic (exact) mass is 255 g/mol. The zero-order valence-corrected chi connectivity index (χ0v) is 10.4. The number of carbonyl (C=O) groups excluding carboxylic acids is 1. The minimum atomic E-state index is -0.355. The Labute approximate surface area is 110 Å². The van der Waals surface area contributed by atoms with Crippen LogP contribution >= 0.6 is 0 Å². The fourth-order valence-electron chi connectivity index (χ4n) is 1.67. The summed E-state index contributed by atoms with van der Waals surface area (Å²) in [5.41, 5.74) is 7.75. The summed E-state index contributed by atoms with van der Waals surface area (Å²) in [6.45, 7) is 0. The van der Waals surface area contributed by atoms with E-state index in [0.717, 1.165) is 5.56 Å². The van der Waals surface area contributed by atoms with Crippen LogP contribution in [0, 0.1) is 11.3 Å². The van der Waals surface area contributed by atoms with E-state index >= 15 is 0 Å². The van der Waals surface area contributed by atoms with E-state index < -0.39 is 0 Å². The van der Waals surface area contributed by atoms with Gasteiger partial charge in [-0.2, -0.15) is 10.4 Å². The molecule has 0 saturated heterocycles. The van der Waals surface area contributed by atoms with Gasteiger partial charge in [0.25, 0.3) is 5.91 Å². The number of nitrogen functional groups attached to an aromatic ring is 1. The summed E-state index contributed by atoms with van der Waals surface area (Å²) in [5.74, 6) is -0.355. The Hall–Kier alpha value is -2.81. The second-order valence-corrected chi connectivity index (χ2v) is 4.09. The van der Waals surface area contributed by atoms with E-state index in [1.165, 1.54) is 4.68 Å². The smallest absolute Gasteiger partial charge is 0.278 e. The Balaban J connectivity index is 2.11. The third-order valence-corrected chi connectivity index (χ3v) is 2.57. The highest BCUT2D eigenvalue weighted by Crippen LogP contribution is 2.14. The number of amides is 1. The van der Waals surface area contributed by atoms with Gasteiger partial charge in [-0.1, -0.05) is 12.1 Å². The first-order chi connectivity index (χ1) is 9.10. The lowest BCUT2D eigenvalue weighted by Gasteiger charge is -2.04. The highest BCUT2D eigenvalue weighted by molar-refractivity contribution is 6.06. The molecule has 0 spiro atoms. The average molecular weight is 255 g/mol. The number of rotatable bonds is 3. The van der Waals surface area contributed by atoms with Crippen LogP contribution in [-0.2, 0) is 13.5 Å². The molecular formula is C13H13N5O. The molecule has 2 aromatic rings. The SMILES string of the molecule is Cn1cc(N)c(C(=O)Nc2ccc(CC#N)cc2)n1. The summed E-state index contributed by atoms with van der Waals surface area (Å²) in [4.78, 5) is 11.9. The fourth-order valence-corrected chi connectivity index (χ4v) is 1.67. The molecule has 19 heavy (non-hydrogen) atoms. The van der Waals surface area contributed by atoms with Crippen molar-refractivity contribution in [2.24, 2.45) is 7.05 Å². The molecule has 0 unspecified atom stereocenters. The molecule has 3 N–H and O–H groups in total. The van der Waals surface area contributed by atoms with Gasteiger partial charge in [-0.05, 0) is 17.7 Å². The topological polar surface area (TPSA) is 96.7 Å². The zero-order valence-electron chi connectivity index (χ0n) is 10.4. The lowest BCUT2D eigenvalue weighted by Crippen LogP contribution is -2.14. The third kappa shape index (κ3) is 2.90. The Bertz CT molecular complexity index is 636. The molecule has 0 atom stereocenters. The summed E-state index contributed by atoms with van der Waals surface area (Å²) < 4.78 is 1.49. The van der Waals surface area contributed by atoms with Crippen molar-refractivity contribution in [1.82, 2.24) is 9.78 Å². The van der Waals surface area contributed by atoms with Crippen LogP contribution in [0.5, 0.6) is 0 Å². The van der Waals surface area contributed by atoms with E-state index in [2.05, 4.69) is 16.5 Å².